The zero-order valence-electron chi connectivity index (χ0n) is 16.0. The van der Waals surface area contributed by atoms with Gasteiger partial charge in [-0.3, -0.25) is 14.7 Å². The molecule has 0 atom stereocenters. The molecule has 0 aliphatic rings. The first-order chi connectivity index (χ1) is 13.9. The maximum atomic E-state index is 12.6. The second-order valence-corrected chi connectivity index (χ2v) is 8.32. The third-order valence-electron chi connectivity index (χ3n) is 4.16. The Bertz CT molecular complexity index is 993. The summed E-state index contributed by atoms with van der Waals surface area (Å²) >= 11 is 4.93. The Balaban J connectivity index is 1.54. The fourth-order valence-electron chi connectivity index (χ4n) is 2.62. The highest BCUT2D eigenvalue weighted by molar-refractivity contribution is 9.10. The number of halogens is 1. The number of hydrogen-bond acceptors (Lipinski definition) is 5. The van der Waals surface area contributed by atoms with Gasteiger partial charge >= 0.3 is 0 Å². The first kappa shape index (κ1) is 21.1. The van der Waals surface area contributed by atoms with Gasteiger partial charge in [-0.1, -0.05) is 39.8 Å². The zero-order valence-corrected chi connectivity index (χ0v) is 18.4. The van der Waals surface area contributed by atoms with Gasteiger partial charge in [0.05, 0.1) is 6.54 Å². The summed E-state index contributed by atoms with van der Waals surface area (Å²) in [5.74, 6) is 0.266. The van der Waals surface area contributed by atoms with Gasteiger partial charge in [-0.25, -0.2) is 4.98 Å². The Labute approximate surface area is 181 Å². The Kier molecular flexibility index (Phi) is 7.05. The quantitative estimate of drug-likeness (QED) is 0.508. The van der Waals surface area contributed by atoms with Crippen LogP contribution < -0.4 is 5.32 Å². The van der Waals surface area contributed by atoms with Gasteiger partial charge in [0, 0.05) is 28.5 Å². The molecule has 2 amide bonds. The van der Waals surface area contributed by atoms with Crippen LogP contribution in [0.2, 0.25) is 0 Å². The number of H-pyrrole nitrogens is 1. The molecule has 2 N–H and O–H groups in total. The van der Waals surface area contributed by atoms with Crippen LogP contribution in [0.3, 0.4) is 0 Å². The molecule has 0 fully saturated rings. The fourth-order valence-corrected chi connectivity index (χ4v) is 3.83. The van der Waals surface area contributed by atoms with Crippen molar-refractivity contribution in [2.45, 2.75) is 17.8 Å². The van der Waals surface area contributed by atoms with E-state index >= 15 is 0 Å². The minimum atomic E-state index is -0.244. The van der Waals surface area contributed by atoms with Crippen LogP contribution in [0.25, 0.3) is 0 Å². The lowest BCUT2D eigenvalue weighted by Gasteiger charge is -2.17. The van der Waals surface area contributed by atoms with E-state index in [1.54, 1.807) is 19.2 Å². The fraction of sp³-hybridized carbons (Fsp3) is 0.200. The van der Waals surface area contributed by atoms with E-state index in [1.807, 2.05) is 37.3 Å². The van der Waals surface area contributed by atoms with E-state index in [9.17, 15) is 9.59 Å². The van der Waals surface area contributed by atoms with Crippen LogP contribution in [-0.4, -0.2) is 45.5 Å². The van der Waals surface area contributed by atoms with Crippen molar-refractivity contribution in [2.75, 3.05) is 18.9 Å². The van der Waals surface area contributed by atoms with Gasteiger partial charge in [0.2, 0.25) is 5.91 Å². The Morgan fingerprint density at radius 2 is 1.97 bits per heavy atom. The summed E-state index contributed by atoms with van der Waals surface area (Å²) in [5, 5.41) is 10.2. The van der Waals surface area contributed by atoms with E-state index < -0.39 is 0 Å². The van der Waals surface area contributed by atoms with Crippen LogP contribution in [0.4, 0.5) is 5.69 Å². The molecule has 7 nitrogen and oxygen atoms in total. The van der Waals surface area contributed by atoms with E-state index in [0.29, 0.717) is 11.3 Å². The number of aromatic nitrogens is 3. The van der Waals surface area contributed by atoms with Gasteiger partial charge in [0.25, 0.3) is 5.91 Å². The van der Waals surface area contributed by atoms with Crippen LogP contribution in [0, 0.1) is 6.92 Å². The SMILES string of the molecule is Cc1cc(Br)ccc1NC(=O)CN(C)C(=O)c1ccc(CSc2ncn[nH]2)cc1. The molecule has 0 saturated carbocycles. The smallest absolute Gasteiger partial charge is 0.254 e. The predicted molar refractivity (Wildman–Crippen MR) is 117 cm³/mol. The van der Waals surface area contributed by atoms with Crippen LogP contribution >= 0.6 is 27.7 Å². The predicted octanol–water partition coefficient (Wildman–Crippen LogP) is 3.88. The van der Waals surface area contributed by atoms with Crippen LogP contribution in [-0.2, 0) is 10.5 Å². The van der Waals surface area contributed by atoms with Crippen LogP contribution in [0.15, 0.2) is 58.4 Å². The van der Waals surface area contributed by atoms with Crippen molar-refractivity contribution in [1.29, 1.82) is 0 Å². The van der Waals surface area contributed by atoms with Crippen LogP contribution in [0.1, 0.15) is 21.5 Å². The summed E-state index contributed by atoms with van der Waals surface area (Å²) in [7, 11) is 1.62. The molecular formula is C20H20BrN5O2S. The van der Waals surface area contributed by atoms with Crippen molar-refractivity contribution in [3.8, 4) is 0 Å². The molecular weight excluding hydrogens is 454 g/mol. The van der Waals surface area contributed by atoms with Gasteiger partial charge in [-0.2, -0.15) is 5.10 Å². The number of carbonyl (C=O) groups excluding carboxylic acids is 2. The lowest BCUT2D eigenvalue weighted by Crippen LogP contribution is -2.35. The molecule has 3 rings (SSSR count). The molecule has 1 heterocycles. The molecule has 0 radical (unpaired) electrons. The molecule has 2 aromatic carbocycles. The van der Waals surface area contributed by atoms with Gasteiger partial charge in [0.15, 0.2) is 5.16 Å². The van der Waals surface area contributed by atoms with Gasteiger partial charge < -0.3 is 10.2 Å². The number of aromatic amines is 1. The maximum Gasteiger partial charge on any atom is 0.254 e. The summed E-state index contributed by atoms with van der Waals surface area (Å²) in [6, 6.07) is 12.9. The lowest BCUT2D eigenvalue weighted by atomic mass is 10.1. The number of likely N-dealkylation sites (N-methyl/N-ethyl adjacent to an activating group) is 1. The number of benzene rings is 2. The second-order valence-electron chi connectivity index (χ2n) is 6.44. The molecule has 29 heavy (non-hydrogen) atoms. The van der Waals surface area contributed by atoms with Crippen molar-refractivity contribution in [3.63, 3.8) is 0 Å². The minimum absolute atomic E-state index is 0.0303. The highest BCUT2D eigenvalue weighted by Gasteiger charge is 2.15. The minimum Gasteiger partial charge on any atom is -0.332 e. The third kappa shape index (κ3) is 5.91. The van der Waals surface area contributed by atoms with Crippen molar-refractivity contribution >= 4 is 45.2 Å². The van der Waals surface area contributed by atoms with Crippen molar-refractivity contribution < 1.29 is 9.59 Å². The average molecular weight is 474 g/mol. The number of nitrogens with zero attached hydrogens (tertiary/aromatic N) is 3. The number of aryl methyl sites for hydroxylation is 1. The van der Waals surface area contributed by atoms with E-state index in [-0.39, 0.29) is 18.4 Å². The normalized spacial score (nSPS) is 10.6. The monoisotopic (exact) mass is 473 g/mol. The first-order valence-corrected chi connectivity index (χ1v) is 10.6. The molecule has 0 bridgehead atoms. The summed E-state index contributed by atoms with van der Waals surface area (Å²) in [4.78, 5) is 30.4. The summed E-state index contributed by atoms with van der Waals surface area (Å²) < 4.78 is 0.947. The molecule has 0 unspecified atom stereocenters. The molecule has 3 aromatic rings. The number of nitrogens with one attached hydrogen (secondary N) is 2. The number of hydrogen-bond donors (Lipinski definition) is 2. The molecule has 0 spiro atoms. The maximum absolute atomic E-state index is 12.6. The number of anilines is 1. The van der Waals surface area contributed by atoms with Gasteiger partial charge in [-0.05, 0) is 48.4 Å². The topological polar surface area (TPSA) is 91.0 Å². The second kappa shape index (κ2) is 9.71. The molecule has 9 heteroatoms. The first-order valence-electron chi connectivity index (χ1n) is 8.81. The highest BCUT2D eigenvalue weighted by Crippen LogP contribution is 2.20. The lowest BCUT2D eigenvalue weighted by molar-refractivity contribution is -0.116. The highest BCUT2D eigenvalue weighted by atomic mass is 79.9. The molecule has 0 aliphatic heterocycles. The number of carbonyl (C=O) groups is 2. The summed E-state index contributed by atoms with van der Waals surface area (Å²) in [5.41, 5.74) is 3.27. The van der Waals surface area contributed by atoms with Gasteiger partial charge in [0.1, 0.15) is 6.33 Å². The van der Waals surface area contributed by atoms with E-state index in [4.69, 9.17) is 0 Å². The largest absolute Gasteiger partial charge is 0.332 e. The Morgan fingerprint density at radius 3 is 2.62 bits per heavy atom. The van der Waals surface area contributed by atoms with Crippen molar-refractivity contribution in [1.82, 2.24) is 20.1 Å². The molecule has 0 aliphatic carbocycles. The summed E-state index contributed by atoms with van der Waals surface area (Å²) in [6.45, 7) is 1.88. The number of thioether (sulfide) groups is 1. The van der Waals surface area contributed by atoms with E-state index in [1.165, 1.54) is 23.0 Å². The average Bonchev–Trinajstić information content (AvgIpc) is 3.22. The summed E-state index contributed by atoms with van der Waals surface area (Å²) in [6.07, 6.45) is 1.47. The molecule has 1 aromatic heterocycles. The third-order valence-corrected chi connectivity index (χ3v) is 5.60. The van der Waals surface area contributed by atoms with Crippen LogP contribution in [0.5, 0.6) is 0 Å². The Hall–Kier alpha value is -2.65. The van der Waals surface area contributed by atoms with Gasteiger partial charge in [-0.15, -0.1) is 0 Å². The number of rotatable bonds is 7. The number of amides is 2. The van der Waals surface area contributed by atoms with E-state index in [0.717, 1.165) is 26.4 Å². The zero-order chi connectivity index (χ0) is 20.8. The van der Waals surface area contributed by atoms with E-state index in [2.05, 4.69) is 36.4 Å². The standard InChI is InChI=1S/C20H20BrN5O2S/c1-13-9-16(21)7-8-17(13)24-18(27)10-26(2)19(28)15-5-3-14(4-6-15)11-29-20-22-12-23-25-20/h3-9,12H,10-11H2,1-2H3,(H,24,27)(H,22,23,25). The molecule has 0 saturated heterocycles. The van der Waals surface area contributed by atoms with Crippen molar-refractivity contribution in [2.24, 2.45) is 0 Å². The molecule has 150 valence electrons. The Morgan fingerprint density at radius 1 is 1.21 bits per heavy atom. The van der Waals surface area contributed by atoms with Crippen molar-refractivity contribution in [3.05, 3.63) is 70.0 Å².